The first-order chi connectivity index (χ1) is 18.5. The van der Waals surface area contributed by atoms with Crippen molar-refractivity contribution in [3.05, 3.63) is 76.1 Å². The second-order valence-corrected chi connectivity index (χ2v) is 9.19. The maximum Gasteiger partial charge on any atom is 0.411 e. The fraction of sp³-hybridized carbons (Fsp3) is 0.250. The van der Waals surface area contributed by atoms with E-state index in [1.807, 2.05) is 48.5 Å². The zero-order valence-corrected chi connectivity index (χ0v) is 21.5. The zero-order chi connectivity index (χ0) is 26.6. The number of halogens is 1. The number of nitrogens with two attached hydrogens (primary N) is 1. The van der Waals surface area contributed by atoms with Crippen molar-refractivity contribution in [2.75, 3.05) is 25.5 Å². The summed E-state index contributed by atoms with van der Waals surface area (Å²) in [6.45, 7) is 3.02. The third-order valence-corrected chi connectivity index (χ3v) is 6.70. The highest BCUT2D eigenvalue weighted by Crippen LogP contribution is 2.39. The molecule has 1 unspecified atom stereocenters. The fourth-order valence-corrected chi connectivity index (χ4v) is 4.87. The van der Waals surface area contributed by atoms with Gasteiger partial charge >= 0.3 is 6.09 Å². The molecule has 10 heteroatoms. The number of ether oxygens (including phenoxy) is 2. The quantitative estimate of drug-likeness (QED) is 0.351. The van der Waals surface area contributed by atoms with Crippen LogP contribution in [-0.4, -0.2) is 45.5 Å². The predicted octanol–water partition coefficient (Wildman–Crippen LogP) is 4.66. The summed E-state index contributed by atoms with van der Waals surface area (Å²) in [5.41, 5.74) is 10.00. The first-order valence-corrected chi connectivity index (χ1v) is 12.4. The van der Waals surface area contributed by atoms with Crippen LogP contribution in [0.2, 0.25) is 5.02 Å². The van der Waals surface area contributed by atoms with Crippen LogP contribution < -0.4 is 10.5 Å². The van der Waals surface area contributed by atoms with Gasteiger partial charge in [-0.05, 0) is 54.8 Å². The number of aromatic amines is 1. The van der Waals surface area contributed by atoms with Gasteiger partial charge in [-0.15, -0.1) is 5.92 Å². The number of aromatic nitrogens is 3. The maximum absolute atomic E-state index is 13.1. The first-order valence-electron chi connectivity index (χ1n) is 12.1. The molecule has 1 aliphatic heterocycles. The molecule has 4 aromatic rings. The van der Waals surface area contributed by atoms with E-state index in [4.69, 9.17) is 32.1 Å². The molecule has 0 saturated heterocycles. The summed E-state index contributed by atoms with van der Waals surface area (Å²) in [7, 11) is 0. The molecule has 192 valence electrons. The van der Waals surface area contributed by atoms with Crippen molar-refractivity contribution in [3.63, 3.8) is 0 Å². The lowest BCUT2D eigenvalue weighted by Gasteiger charge is -2.35. The third kappa shape index (κ3) is 4.97. The summed E-state index contributed by atoms with van der Waals surface area (Å²) in [6.07, 6.45) is 1.85. The van der Waals surface area contributed by atoms with Gasteiger partial charge in [-0.1, -0.05) is 29.7 Å². The Morgan fingerprint density at radius 1 is 1.29 bits per heavy atom. The lowest BCUT2D eigenvalue weighted by molar-refractivity contribution is 0.0993. The number of hydrogen-bond donors (Lipinski definition) is 2. The van der Waals surface area contributed by atoms with E-state index in [0.717, 1.165) is 27.7 Å². The highest BCUT2D eigenvalue weighted by molar-refractivity contribution is 6.31. The van der Waals surface area contributed by atoms with Crippen molar-refractivity contribution in [1.29, 1.82) is 5.26 Å². The van der Waals surface area contributed by atoms with Gasteiger partial charge in [0, 0.05) is 34.4 Å². The van der Waals surface area contributed by atoms with Crippen LogP contribution in [0.5, 0.6) is 5.75 Å². The number of amides is 1. The van der Waals surface area contributed by atoms with E-state index in [0.29, 0.717) is 42.5 Å². The van der Waals surface area contributed by atoms with Crippen LogP contribution in [0.3, 0.4) is 0 Å². The van der Waals surface area contributed by atoms with Gasteiger partial charge in [0.2, 0.25) is 0 Å². The molecule has 9 nitrogen and oxygen atoms in total. The van der Waals surface area contributed by atoms with Crippen LogP contribution in [-0.2, 0) is 17.7 Å². The van der Waals surface area contributed by atoms with Crippen LogP contribution in [0, 0.1) is 23.2 Å². The molecule has 5 rings (SSSR count). The monoisotopic (exact) mass is 528 g/mol. The number of H-pyrrole nitrogens is 1. The van der Waals surface area contributed by atoms with Crippen LogP contribution >= 0.6 is 11.6 Å². The molecule has 3 heterocycles. The minimum atomic E-state index is -0.421. The number of fused-ring (bicyclic) bond motifs is 3. The van der Waals surface area contributed by atoms with Crippen molar-refractivity contribution < 1.29 is 14.3 Å². The van der Waals surface area contributed by atoms with Gasteiger partial charge in [0.1, 0.15) is 30.0 Å². The molecule has 2 aromatic carbocycles. The molecule has 1 aliphatic rings. The molecule has 2 aromatic heterocycles. The number of benzene rings is 2. The van der Waals surface area contributed by atoms with E-state index < -0.39 is 6.09 Å². The number of nitrogen functional groups attached to an aromatic ring is 1. The van der Waals surface area contributed by atoms with Crippen molar-refractivity contribution in [1.82, 2.24) is 19.7 Å². The zero-order valence-electron chi connectivity index (χ0n) is 20.7. The molecule has 0 spiro atoms. The Balaban J connectivity index is 1.39. The predicted molar refractivity (Wildman–Crippen MR) is 144 cm³/mol. The molecule has 1 atom stereocenters. The van der Waals surface area contributed by atoms with Gasteiger partial charge in [0.25, 0.3) is 0 Å². The van der Waals surface area contributed by atoms with E-state index in [-0.39, 0.29) is 18.5 Å². The average molecular weight is 529 g/mol. The number of hydrogen-bond acceptors (Lipinski definition) is 6. The van der Waals surface area contributed by atoms with Crippen LogP contribution in [0.1, 0.15) is 35.3 Å². The van der Waals surface area contributed by atoms with E-state index in [9.17, 15) is 4.79 Å². The molecule has 38 heavy (non-hydrogen) atoms. The first kappa shape index (κ1) is 25.1. The van der Waals surface area contributed by atoms with E-state index in [2.05, 4.69) is 21.9 Å². The highest BCUT2D eigenvalue weighted by atomic mass is 35.5. The van der Waals surface area contributed by atoms with Crippen LogP contribution in [0.25, 0.3) is 10.9 Å². The van der Waals surface area contributed by atoms with Crippen molar-refractivity contribution in [3.8, 4) is 23.7 Å². The van der Waals surface area contributed by atoms with Crippen molar-refractivity contribution in [2.45, 2.75) is 25.9 Å². The molecule has 3 N–H and O–H groups in total. The number of nitrogens with one attached hydrogen (secondary N) is 1. The number of carbonyl (C=O) groups excluding carboxylic acids is 1. The van der Waals surface area contributed by atoms with Gasteiger partial charge < -0.3 is 20.2 Å². The Morgan fingerprint density at radius 3 is 2.84 bits per heavy atom. The molecular weight excluding hydrogens is 504 g/mol. The summed E-state index contributed by atoms with van der Waals surface area (Å²) in [6, 6.07) is 15.0. The van der Waals surface area contributed by atoms with Crippen molar-refractivity contribution in [2.24, 2.45) is 0 Å². The minimum absolute atomic E-state index is 0.0399. The largest absolute Gasteiger partial charge is 0.492 e. The average Bonchev–Trinajstić information content (AvgIpc) is 3.47. The summed E-state index contributed by atoms with van der Waals surface area (Å²) < 4.78 is 12.9. The standard InChI is InChI=1S/C28H25ClN6O3/c1-2-3-13-38-28(36)35-11-10-22-23-15-20(29)6-9-24(23)32-25(22)26(35)18-4-7-21(8-5-18)37-14-12-34-17-19(16-30)27(31)33-34/h4-9,15,17,26,32H,10-14H2,1H3,(H2,31,33). The number of anilines is 1. The highest BCUT2D eigenvalue weighted by Gasteiger charge is 2.35. The second-order valence-electron chi connectivity index (χ2n) is 8.75. The number of nitrogens with zero attached hydrogens (tertiary/aromatic N) is 4. The SMILES string of the molecule is CC#CCOC(=O)N1CCc2c([nH]c3ccc(Cl)cc23)C1c1ccc(OCCn2cc(C#N)c(N)n2)cc1. The molecule has 0 aliphatic carbocycles. The van der Waals surface area contributed by atoms with Gasteiger partial charge in [0.05, 0.1) is 6.54 Å². The summed E-state index contributed by atoms with van der Waals surface area (Å²) in [5, 5.41) is 14.9. The van der Waals surface area contributed by atoms with Gasteiger partial charge in [-0.25, -0.2) is 4.79 Å². The van der Waals surface area contributed by atoms with Gasteiger partial charge in [-0.3, -0.25) is 9.58 Å². The van der Waals surface area contributed by atoms with E-state index >= 15 is 0 Å². The molecule has 0 saturated carbocycles. The Labute approximate surface area is 224 Å². The molecule has 0 bridgehead atoms. The topological polar surface area (TPSA) is 122 Å². The molecular formula is C28H25ClN6O3. The van der Waals surface area contributed by atoms with Gasteiger partial charge in [-0.2, -0.15) is 10.4 Å². The van der Waals surface area contributed by atoms with Crippen molar-refractivity contribution >= 4 is 34.4 Å². The molecule has 1 amide bonds. The Bertz CT molecular complexity index is 1590. The maximum atomic E-state index is 13.1. The molecule has 0 fully saturated rings. The Morgan fingerprint density at radius 2 is 2.11 bits per heavy atom. The summed E-state index contributed by atoms with van der Waals surface area (Å²) >= 11 is 6.28. The summed E-state index contributed by atoms with van der Waals surface area (Å²) in [4.78, 5) is 18.3. The number of rotatable bonds is 6. The number of nitriles is 1. The minimum Gasteiger partial charge on any atom is -0.492 e. The van der Waals surface area contributed by atoms with E-state index in [1.165, 1.54) is 0 Å². The van der Waals surface area contributed by atoms with Crippen LogP contribution in [0.15, 0.2) is 48.7 Å². The number of carbonyl (C=O) groups is 1. The second kappa shape index (κ2) is 10.8. The Hall–Kier alpha value is -4.60. The normalized spacial score (nSPS) is 14.3. The lowest BCUT2D eigenvalue weighted by atomic mass is 9.92. The Kier molecular flexibility index (Phi) is 7.12. The smallest absolute Gasteiger partial charge is 0.411 e. The molecule has 0 radical (unpaired) electrons. The lowest BCUT2D eigenvalue weighted by Crippen LogP contribution is -2.41. The third-order valence-electron chi connectivity index (χ3n) is 6.46. The summed E-state index contributed by atoms with van der Waals surface area (Å²) in [5.74, 6) is 6.39. The fourth-order valence-electron chi connectivity index (χ4n) is 4.70. The van der Waals surface area contributed by atoms with E-state index in [1.54, 1.807) is 22.7 Å². The van der Waals surface area contributed by atoms with Gasteiger partial charge in [0.15, 0.2) is 12.4 Å². The van der Waals surface area contributed by atoms with Crippen LogP contribution in [0.4, 0.5) is 10.6 Å².